The minimum atomic E-state index is -0.927. The lowest BCUT2D eigenvalue weighted by molar-refractivity contribution is -0.137. The maximum absolute atomic E-state index is 12.7. The Hall–Kier alpha value is -2.62. The predicted octanol–water partition coefficient (Wildman–Crippen LogP) is 3.20. The summed E-state index contributed by atoms with van der Waals surface area (Å²) in [6.07, 6.45) is -0.104. The van der Waals surface area contributed by atoms with Crippen LogP contribution in [0.5, 0.6) is 0 Å². The zero-order valence-corrected chi connectivity index (χ0v) is 11.8. The normalized spacial score (nSPS) is 11.7. The summed E-state index contributed by atoms with van der Waals surface area (Å²) in [6, 6.07) is 17.6. The Morgan fingerprint density at radius 2 is 1.52 bits per heavy atom. The number of carbonyl (C=O) groups is 2. The minimum absolute atomic E-state index is 0.104. The van der Waals surface area contributed by atoms with E-state index in [2.05, 4.69) is 0 Å². The second-order valence-corrected chi connectivity index (χ2v) is 4.82. The maximum Gasteiger partial charge on any atom is 0.305 e. The molecule has 0 radical (unpaired) electrons. The summed E-state index contributed by atoms with van der Waals surface area (Å²) in [6.45, 7) is 1.74. The molecule has 0 aliphatic rings. The molecule has 2 aromatic carbocycles. The van der Waals surface area contributed by atoms with E-state index >= 15 is 0 Å². The summed E-state index contributed by atoms with van der Waals surface area (Å²) in [5.41, 5.74) is 1.23. The van der Waals surface area contributed by atoms with E-state index in [-0.39, 0.29) is 12.3 Å². The third-order valence-electron chi connectivity index (χ3n) is 3.18. The number of carboxylic acids is 1. The molecule has 0 saturated carbocycles. The van der Waals surface area contributed by atoms with Crippen LogP contribution in [0.15, 0.2) is 60.7 Å². The van der Waals surface area contributed by atoms with Crippen molar-refractivity contribution in [2.75, 3.05) is 4.90 Å². The number of hydrogen-bond acceptors (Lipinski definition) is 2. The molecule has 0 aliphatic carbocycles. The van der Waals surface area contributed by atoms with Crippen LogP contribution in [0.25, 0.3) is 0 Å². The molecule has 0 unspecified atom stereocenters. The first-order chi connectivity index (χ1) is 10.1. The number of nitrogens with zero attached hydrogens (tertiary/aromatic N) is 1. The van der Waals surface area contributed by atoms with Crippen molar-refractivity contribution >= 4 is 17.6 Å². The van der Waals surface area contributed by atoms with Gasteiger partial charge in [0.25, 0.3) is 5.91 Å². The molecule has 0 fully saturated rings. The summed E-state index contributed by atoms with van der Waals surface area (Å²) >= 11 is 0. The summed E-state index contributed by atoms with van der Waals surface area (Å²) in [4.78, 5) is 25.2. The first-order valence-electron chi connectivity index (χ1n) is 6.75. The van der Waals surface area contributed by atoms with Gasteiger partial charge < -0.3 is 10.0 Å². The molecule has 21 heavy (non-hydrogen) atoms. The molecule has 2 rings (SSSR count). The molecule has 4 nitrogen and oxygen atoms in total. The zero-order valence-electron chi connectivity index (χ0n) is 11.8. The van der Waals surface area contributed by atoms with Crippen molar-refractivity contribution in [1.82, 2.24) is 0 Å². The number of carbonyl (C=O) groups excluding carboxylic acids is 1. The van der Waals surface area contributed by atoms with Crippen LogP contribution in [0.3, 0.4) is 0 Å². The van der Waals surface area contributed by atoms with Crippen LogP contribution in [0, 0.1) is 0 Å². The molecule has 108 valence electrons. The number of amides is 1. The van der Waals surface area contributed by atoms with Crippen molar-refractivity contribution in [1.29, 1.82) is 0 Å². The number of aliphatic carboxylic acids is 1. The van der Waals surface area contributed by atoms with Crippen molar-refractivity contribution in [2.45, 2.75) is 19.4 Å². The van der Waals surface area contributed by atoms with Crippen molar-refractivity contribution in [3.8, 4) is 0 Å². The monoisotopic (exact) mass is 283 g/mol. The minimum Gasteiger partial charge on any atom is -0.481 e. The Bertz CT molecular complexity index is 610. The van der Waals surface area contributed by atoms with Crippen LogP contribution in [-0.2, 0) is 4.79 Å². The molecule has 2 aromatic rings. The second kappa shape index (κ2) is 6.70. The summed E-state index contributed by atoms with van der Waals surface area (Å²) in [5.74, 6) is -1.13. The molecule has 1 N–H and O–H groups in total. The standard InChI is InChI=1S/C17H17NO3/c1-13(12-16(19)20)18(15-10-6-3-7-11-15)17(21)14-8-4-2-5-9-14/h2-11,13H,12H2,1H3,(H,19,20)/t13-/m1/s1. The fourth-order valence-corrected chi connectivity index (χ4v) is 2.22. The zero-order chi connectivity index (χ0) is 15.2. The summed E-state index contributed by atoms with van der Waals surface area (Å²) in [5, 5.41) is 8.99. The van der Waals surface area contributed by atoms with Gasteiger partial charge in [0.05, 0.1) is 6.42 Å². The predicted molar refractivity (Wildman–Crippen MR) is 81.4 cm³/mol. The van der Waals surface area contributed by atoms with Crippen molar-refractivity contribution in [2.24, 2.45) is 0 Å². The van der Waals surface area contributed by atoms with Gasteiger partial charge in [0, 0.05) is 17.3 Å². The fraction of sp³-hybridized carbons (Fsp3) is 0.176. The van der Waals surface area contributed by atoms with E-state index in [1.165, 1.54) is 4.90 Å². The van der Waals surface area contributed by atoms with E-state index in [4.69, 9.17) is 5.11 Å². The van der Waals surface area contributed by atoms with Crippen LogP contribution in [0.1, 0.15) is 23.7 Å². The third-order valence-corrected chi connectivity index (χ3v) is 3.18. The molecule has 0 spiro atoms. The summed E-state index contributed by atoms with van der Waals surface area (Å²) in [7, 11) is 0. The molecule has 0 aromatic heterocycles. The number of hydrogen-bond donors (Lipinski definition) is 1. The van der Waals surface area contributed by atoms with Gasteiger partial charge in [0.15, 0.2) is 0 Å². The van der Waals surface area contributed by atoms with Gasteiger partial charge in [0.2, 0.25) is 0 Å². The van der Waals surface area contributed by atoms with E-state index in [0.29, 0.717) is 11.3 Å². The van der Waals surface area contributed by atoms with Crippen molar-refractivity contribution < 1.29 is 14.7 Å². The average molecular weight is 283 g/mol. The molecule has 1 amide bonds. The Labute approximate surface area is 123 Å². The molecular formula is C17H17NO3. The molecule has 0 aliphatic heterocycles. The molecular weight excluding hydrogens is 266 g/mol. The molecule has 4 heteroatoms. The van der Waals surface area contributed by atoms with E-state index < -0.39 is 12.0 Å². The van der Waals surface area contributed by atoms with Crippen LogP contribution in [0.2, 0.25) is 0 Å². The number of carboxylic acid groups (broad SMARTS) is 1. The molecule has 0 heterocycles. The van der Waals surface area contributed by atoms with Crippen LogP contribution < -0.4 is 4.90 Å². The van der Waals surface area contributed by atoms with Gasteiger partial charge in [-0.15, -0.1) is 0 Å². The summed E-state index contributed by atoms with van der Waals surface area (Å²) < 4.78 is 0. The van der Waals surface area contributed by atoms with Gasteiger partial charge in [-0.25, -0.2) is 0 Å². The second-order valence-electron chi connectivity index (χ2n) is 4.82. The Kier molecular flexibility index (Phi) is 4.72. The van der Waals surface area contributed by atoms with Crippen molar-refractivity contribution in [3.63, 3.8) is 0 Å². The van der Waals surface area contributed by atoms with E-state index in [1.54, 1.807) is 43.3 Å². The lowest BCUT2D eigenvalue weighted by Crippen LogP contribution is -2.40. The molecule has 0 bridgehead atoms. The topological polar surface area (TPSA) is 57.6 Å². The SMILES string of the molecule is C[C@H](CC(=O)O)N(C(=O)c1ccccc1)c1ccccc1. The quantitative estimate of drug-likeness (QED) is 0.916. The number of para-hydroxylation sites is 1. The maximum atomic E-state index is 12.7. The Morgan fingerprint density at radius 1 is 1.00 bits per heavy atom. The van der Waals surface area contributed by atoms with Gasteiger partial charge >= 0.3 is 5.97 Å². The van der Waals surface area contributed by atoms with Gasteiger partial charge in [-0.3, -0.25) is 9.59 Å². The largest absolute Gasteiger partial charge is 0.481 e. The Balaban J connectivity index is 2.36. The molecule has 0 saturated heterocycles. The van der Waals surface area contributed by atoms with E-state index in [0.717, 1.165) is 0 Å². The fourth-order valence-electron chi connectivity index (χ4n) is 2.22. The number of rotatable bonds is 5. The van der Waals surface area contributed by atoms with Gasteiger partial charge in [-0.2, -0.15) is 0 Å². The lowest BCUT2D eigenvalue weighted by Gasteiger charge is -2.28. The first kappa shape index (κ1) is 14.8. The highest BCUT2D eigenvalue weighted by atomic mass is 16.4. The van der Waals surface area contributed by atoms with Crippen LogP contribution in [0.4, 0.5) is 5.69 Å². The van der Waals surface area contributed by atoms with Crippen LogP contribution in [-0.4, -0.2) is 23.0 Å². The smallest absolute Gasteiger partial charge is 0.305 e. The first-order valence-corrected chi connectivity index (χ1v) is 6.75. The van der Waals surface area contributed by atoms with Gasteiger partial charge in [0.1, 0.15) is 0 Å². The highest BCUT2D eigenvalue weighted by Gasteiger charge is 2.24. The van der Waals surface area contributed by atoms with Gasteiger partial charge in [-0.1, -0.05) is 36.4 Å². The van der Waals surface area contributed by atoms with Crippen LogP contribution >= 0.6 is 0 Å². The third kappa shape index (κ3) is 3.69. The van der Waals surface area contributed by atoms with E-state index in [9.17, 15) is 9.59 Å². The number of benzene rings is 2. The van der Waals surface area contributed by atoms with Gasteiger partial charge in [-0.05, 0) is 31.2 Å². The highest BCUT2D eigenvalue weighted by molar-refractivity contribution is 6.06. The van der Waals surface area contributed by atoms with E-state index in [1.807, 2.05) is 24.3 Å². The molecule has 1 atom stereocenters. The average Bonchev–Trinajstić information content (AvgIpc) is 2.48. The van der Waals surface area contributed by atoms with Crippen molar-refractivity contribution in [3.05, 3.63) is 66.2 Å². The highest BCUT2D eigenvalue weighted by Crippen LogP contribution is 2.21. The Morgan fingerprint density at radius 3 is 2.05 bits per heavy atom. The lowest BCUT2D eigenvalue weighted by atomic mass is 10.1. The number of anilines is 1.